The molecule has 4 rings (SSSR count). The highest BCUT2D eigenvalue weighted by Gasteiger charge is 2.46. The third-order valence-corrected chi connectivity index (χ3v) is 6.89. The monoisotopic (exact) mass is 514 g/mol. The molecule has 0 saturated heterocycles. The Bertz CT molecular complexity index is 1620. The SMILES string of the molecule is O=C(O)C=CC1=c2cc(Cl)cc(F)c2=NC1(C(=O)O)c1cccc(NS(=O)(=O)c2ccccc2)c1. The third kappa shape index (κ3) is 4.41. The predicted octanol–water partition coefficient (Wildman–Crippen LogP) is 2.68. The molecule has 0 saturated carbocycles. The molecule has 1 aliphatic rings. The number of hydrogen-bond donors (Lipinski definition) is 3. The van der Waals surface area contributed by atoms with Crippen molar-refractivity contribution >= 4 is 44.8 Å². The number of carboxylic acid groups (broad SMARTS) is 2. The Hall–Kier alpha value is -4.02. The maximum atomic E-state index is 14.7. The minimum absolute atomic E-state index is 0.00479. The molecule has 0 radical (unpaired) electrons. The first-order valence-corrected chi connectivity index (χ1v) is 11.8. The van der Waals surface area contributed by atoms with Crippen LogP contribution < -0.4 is 15.3 Å². The van der Waals surface area contributed by atoms with Gasteiger partial charge in [0.2, 0.25) is 5.54 Å². The second kappa shape index (κ2) is 8.97. The van der Waals surface area contributed by atoms with Crippen LogP contribution in [0.25, 0.3) is 5.57 Å². The average molecular weight is 515 g/mol. The number of aliphatic carboxylic acids is 2. The van der Waals surface area contributed by atoms with E-state index in [2.05, 4.69) is 9.71 Å². The molecule has 178 valence electrons. The third-order valence-electron chi connectivity index (χ3n) is 5.28. The Morgan fingerprint density at radius 2 is 1.74 bits per heavy atom. The Kier molecular flexibility index (Phi) is 6.18. The van der Waals surface area contributed by atoms with E-state index in [1.807, 2.05) is 0 Å². The van der Waals surface area contributed by atoms with E-state index in [-0.39, 0.29) is 37.3 Å². The van der Waals surface area contributed by atoms with E-state index in [1.165, 1.54) is 42.5 Å². The van der Waals surface area contributed by atoms with Crippen molar-refractivity contribution < 1.29 is 32.6 Å². The van der Waals surface area contributed by atoms with Gasteiger partial charge in [0, 0.05) is 27.6 Å². The molecule has 0 bridgehead atoms. The molecule has 8 nitrogen and oxygen atoms in total. The zero-order valence-corrected chi connectivity index (χ0v) is 19.2. The molecule has 3 N–H and O–H groups in total. The fourth-order valence-electron chi connectivity index (χ4n) is 3.80. The van der Waals surface area contributed by atoms with Gasteiger partial charge in [-0.15, -0.1) is 0 Å². The van der Waals surface area contributed by atoms with E-state index in [4.69, 9.17) is 16.7 Å². The molecule has 0 aromatic heterocycles. The number of benzene rings is 3. The summed E-state index contributed by atoms with van der Waals surface area (Å²) < 4.78 is 42.6. The predicted molar refractivity (Wildman–Crippen MR) is 125 cm³/mol. The maximum absolute atomic E-state index is 14.7. The number of hydrogen-bond acceptors (Lipinski definition) is 5. The highest BCUT2D eigenvalue weighted by atomic mass is 35.5. The van der Waals surface area contributed by atoms with Crippen LogP contribution in [0.1, 0.15) is 5.56 Å². The van der Waals surface area contributed by atoms with Crippen LogP contribution in [0, 0.1) is 5.82 Å². The Balaban J connectivity index is 1.93. The summed E-state index contributed by atoms with van der Waals surface area (Å²) in [6, 6.07) is 15.2. The molecule has 1 aliphatic heterocycles. The first-order chi connectivity index (χ1) is 16.5. The Morgan fingerprint density at radius 3 is 2.40 bits per heavy atom. The molecule has 1 atom stereocenters. The number of rotatable bonds is 7. The van der Waals surface area contributed by atoms with Gasteiger partial charge in [-0.2, -0.15) is 0 Å². The summed E-state index contributed by atoms with van der Waals surface area (Å²) in [7, 11) is -4.00. The molecule has 0 aliphatic carbocycles. The van der Waals surface area contributed by atoms with Crippen LogP contribution >= 0.6 is 11.6 Å². The average Bonchev–Trinajstić information content (AvgIpc) is 3.14. The number of nitrogens with one attached hydrogen (secondary N) is 1. The largest absolute Gasteiger partial charge is 0.479 e. The van der Waals surface area contributed by atoms with Gasteiger partial charge in [-0.3, -0.25) is 9.71 Å². The minimum Gasteiger partial charge on any atom is -0.479 e. The van der Waals surface area contributed by atoms with Gasteiger partial charge >= 0.3 is 11.9 Å². The van der Waals surface area contributed by atoms with Crippen molar-refractivity contribution in [2.75, 3.05) is 4.72 Å². The van der Waals surface area contributed by atoms with Gasteiger partial charge in [-0.1, -0.05) is 41.9 Å². The number of sulfonamides is 1. The zero-order chi connectivity index (χ0) is 25.4. The highest BCUT2D eigenvalue weighted by Crippen LogP contribution is 2.38. The van der Waals surface area contributed by atoms with E-state index in [9.17, 15) is 27.5 Å². The topological polar surface area (TPSA) is 133 Å². The summed E-state index contributed by atoms with van der Waals surface area (Å²) in [6.07, 6.45) is 1.72. The summed E-state index contributed by atoms with van der Waals surface area (Å²) in [5.41, 5.74) is -2.42. The van der Waals surface area contributed by atoms with Crippen LogP contribution in [-0.2, 0) is 25.2 Å². The Morgan fingerprint density at radius 1 is 1.03 bits per heavy atom. The van der Waals surface area contributed by atoms with Crippen molar-refractivity contribution in [2.24, 2.45) is 4.99 Å². The molecule has 1 unspecified atom stereocenters. The second-order valence-corrected chi connectivity index (χ2v) is 9.61. The van der Waals surface area contributed by atoms with Gasteiger partial charge in [0.25, 0.3) is 10.0 Å². The number of nitrogens with zero attached hydrogens (tertiary/aromatic N) is 1. The first-order valence-electron chi connectivity index (χ1n) is 9.97. The van der Waals surface area contributed by atoms with E-state index in [0.29, 0.717) is 6.08 Å². The normalized spacial score (nSPS) is 17.1. The van der Waals surface area contributed by atoms with E-state index >= 15 is 0 Å². The van der Waals surface area contributed by atoms with Crippen LogP contribution in [0.3, 0.4) is 0 Å². The number of carboxylic acids is 2. The minimum atomic E-state index is -4.00. The van der Waals surface area contributed by atoms with Crippen molar-refractivity contribution in [2.45, 2.75) is 10.4 Å². The fraction of sp³-hybridized carbons (Fsp3) is 0.0417. The van der Waals surface area contributed by atoms with Crippen molar-refractivity contribution in [1.29, 1.82) is 0 Å². The van der Waals surface area contributed by atoms with Crippen LogP contribution in [0.4, 0.5) is 10.1 Å². The van der Waals surface area contributed by atoms with Gasteiger partial charge in [0.1, 0.15) is 5.36 Å². The molecule has 11 heteroatoms. The van der Waals surface area contributed by atoms with Gasteiger partial charge in [-0.05, 0) is 48.0 Å². The molecule has 1 heterocycles. The van der Waals surface area contributed by atoms with Crippen molar-refractivity contribution in [3.63, 3.8) is 0 Å². The van der Waals surface area contributed by atoms with Crippen LogP contribution in [0.2, 0.25) is 5.02 Å². The standard InChI is InChI=1S/C24H16ClFN2O6S/c25-15-12-18-19(9-10-21(29)30)24(23(31)32,27-22(18)20(26)13-15)14-5-4-6-16(11-14)28-35(33,34)17-7-2-1-3-8-17/h1-13,28H,(H,29,30)(H,31,32). The first kappa shape index (κ1) is 24.1. The zero-order valence-electron chi connectivity index (χ0n) is 17.6. The quantitative estimate of drug-likeness (QED) is 0.415. The molecule has 0 spiro atoms. The lowest BCUT2D eigenvalue weighted by molar-refractivity contribution is -0.141. The summed E-state index contributed by atoms with van der Waals surface area (Å²) >= 11 is 5.97. The fourth-order valence-corrected chi connectivity index (χ4v) is 5.08. The van der Waals surface area contributed by atoms with Crippen molar-refractivity contribution in [3.8, 4) is 0 Å². The van der Waals surface area contributed by atoms with Crippen molar-refractivity contribution in [3.05, 3.63) is 106 Å². The van der Waals surface area contributed by atoms with Gasteiger partial charge in [-0.25, -0.2) is 22.4 Å². The van der Waals surface area contributed by atoms with E-state index < -0.39 is 33.3 Å². The lowest BCUT2D eigenvalue weighted by atomic mass is 9.83. The summed E-state index contributed by atoms with van der Waals surface area (Å²) in [5, 5.41) is 19.1. The summed E-state index contributed by atoms with van der Waals surface area (Å²) in [4.78, 5) is 28.0. The molecular formula is C24H16ClFN2O6S. The van der Waals surface area contributed by atoms with Crippen LogP contribution in [0.5, 0.6) is 0 Å². The lowest BCUT2D eigenvalue weighted by Gasteiger charge is -2.25. The number of fused-ring (bicyclic) bond motifs is 1. The Labute approximate surface area is 203 Å². The van der Waals surface area contributed by atoms with Crippen LogP contribution in [-0.4, -0.2) is 30.6 Å². The molecule has 0 amide bonds. The smallest absolute Gasteiger partial charge is 0.341 e. The van der Waals surface area contributed by atoms with Gasteiger partial charge in [0.05, 0.1) is 4.90 Å². The van der Waals surface area contributed by atoms with Crippen molar-refractivity contribution in [1.82, 2.24) is 0 Å². The van der Waals surface area contributed by atoms with Gasteiger partial charge in [0.15, 0.2) is 5.82 Å². The number of anilines is 1. The lowest BCUT2D eigenvalue weighted by Crippen LogP contribution is -2.34. The molecule has 0 fully saturated rings. The van der Waals surface area contributed by atoms with E-state index in [1.54, 1.807) is 18.2 Å². The number of halogens is 2. The van der Waals surface area contributed by atoms with Gasteiger partial charge < -0.3 is 10.2 Å². The summed E-state index contributed by atoms with van der Waals surface area (Å²) in [5.74, 6) is -3.78. The molecule has 3 aromatic rings. The molecular weight excluding hydrogens is 499 g/mol. The van der Waals surface area contributed by atoms with E-state index in [0.717, 1.165) is 12.1 Å². The summed E-state index contributed by atoms with van der Waals surface area (Å²) in [6.45, 7) is 0. The molecule has 35 heavy (non-hydrogen) atoms. The molecule has 3 aromatic carbocycles. The van der Waals surface area contributed by atoms with Crippen LogP contribution in [0.15, 0.2) is 88.8 Å². The second-order valence-electron chi connectivity index (χ2n) is 7.50. The number of carbonyl (C=O) groups is 2. The highest BCUT2D eigenvalue weighted by molar-refractivity contribution is 7.92. The maximum Gasteiger partial charge on any atom is 0.341 e.